The predicted molar refractivity (Wildman–Crippen MR) is 67.8 cm³/mol. The summed E-state index contributed by atoms with van der Waals surface area (Å²) in [6.45, 7) is 5.31. The molecule has 0 bridgehead atoms. The van der Waals surface area contributed by atoms with Crippen LogP contribution in [0.5, 0.6) is 0 Å². The summed E-state index contributed by atoms with van der Waals surface area (Å²) >= 11 is 0. The smallest absolute Gasteiger partial charge is 0.229 e. The van der Waals surface area contributed by atoms with E-state index < -0.39 is 0 Å². The molecule has 106 valence electrons. The topological polar surface area (TPSA) is 69.4 Å². The van der Waals surface area contributed by atoms with E-state index >= 15 is 0 Å². The Kier molecular flexibility index (Phi) is 3.81. The number of ether oxygens (including phenoxy) is 2. The Hall–Kier alpha value is -0.980. The highest BCUT2D eigenvalue weighted by Gasteiger charge is 2.35. The summed E-state index contributed by atoms with van der Waals surface area (Å²) in [5, 5.41) is 7.38. The molecule has 3 heterocycles. The molecule has 2 aliphatic heterocycles. The third kappa shape index (κ3) is 2.96. The van der Waals surface area contributed by atoms with E-state index in [0.717, 1.165) is 45.6 Å². The molecular formula is C13H21N3O3. The molecule has 2 saturated heterocycles. The van der Waals surface area contributed by atoms with E-state index in [0.29, 0.717) is 18.1 Å². The van der Waals surface area contributed by atoms with Crippen molar-refractivity contribution < 1.29 is 14.0 Å². The van der Waals surface area contributed by atoms with Crippen molar-refractivity contribution in [2.75, 3.05) is 26.3 Å². The van der Waals surface area contributed by atoms with E-state index in [1.54, 1.807) is 0 Å². The number of aromatic nitrogens is 2. The van der Waals surface area contributed by atoms with Crippen LogP contribution in [0.1, 0.15) is 37.9 Å². The first kappa shape index (κ1) is 13.0. The van der Waals surface area contributed by atoms with Crippen LogP contribution in [-0.4, -0.2) is 42.5 Å². The molecule has 19 heavy (non-hydrogen) atoms. The van der Waals surface area contributed by atoms with Gasteiger partial charge >= 0.3 is 0 Å². The summed E-state index contributed by atoms with van der Waals surface area (Å²) in [7, 11) is 0. The molecule has 0 aliphatic carbocycles. The Balaban J connectivity index is 1.65. The molecule has 0 saturated carbocycles. The Morgan fingerprint density at radius 2 is 2.32 bits per heavy atom. The Morgan fingerprint density at radius 1 is 1.37 bits per heavy atom. The molecule has 6 nitrogen and oxygen atoms in total. The van der Waals surface area contributed by atoms with Crippen molar-refractivity contribution in [1.29, 1.82) is 0 Å². The molecule has 2 aliphatic rings. The van der Waals surface area contributed by atoms with Crippen LogP contribution in [0.3, 0.4) is 0 Å². The maximum Gasteiger partial charge on any atom is 0.229 e. The first-order valence-corrected chi connectivity index (χ1v) is 7.06. The molecule has 0 spiro atoms. The van der Waals surface area contributed by atoms with Gasteiger partial charge in [-0.15, -0.1) is 0 Å². The van der Waals surface area contributed by atoms with Crippen LogP contribution >= 0.6 is 0 Å². The molecule has 2 unspecified atom stereocenters. The second-order valence-electron chi connectivity index (χ2n) is 5.45. The lowest BCUT2D eigenvalue weighted by Crippen LogP contribution is -2.39. The Bertz CT molecular complexity index is 409. The molecule has 3 rings (SSSR count). The highest BCUT2D eigenvalue weighted by molar-refractivity contribution is 5.01. The van der Waals surface area contributed by atoms with Gasteiger partial charge in [-0.3, -0.25) is 0 Å². The van der Waals surface area contributed by atoms with Gasteiger partial charge in [0.25, 0.3) is 0 Å². The summed E-state index contributed by atoms with van der Waals surface area (Å²) in [5.41, 5.74) is -0.383. The largest absolute Gasteiger partial charge is 0.375 e. The van der Waals surface area contributed by atoms with Crippen LogP contribution < -0.4 is 5.32 Å². The average Bonchev–Trinajstić information content (AvgIpc) is 2.90. The zero-order chi connectivity index (χ0) is 13.1. The van der Waals surface area contributed by atoms with Gasteiger partial charge in [-0.05, 0) is 26.2 Å². The van der Waals surface area contributed by atoms with Crippen LogP contribution in [0, 0.1) is 0 Å². The predicted octanol–water partition coefficient (Wildman–Crippen LogP) is 1.02. The summed E-state index contributed by atoms with van der Waals surface area (Å²) in [4.78, 5) is 4.49. The van der Waals surface area contributed by atoms with Gasteiger partial charge < -0.3 is 19.3 Å². The Morgan fingerprint density at radius 3 is 3.05 bits per heavy atom. The second-order valence-corrected chi connectivity index (χ2v) is 5.45. The monoisotopic (exact) mass is 267 g/mol. The molecule has 2 fully saturated rings. The highest BCUT2D eigenvalue weighted by Crippen LogP contribution is 2.32. The number of nitrogens with zero attached hydrogens (tertiary/aromatic N) is 2. The van der Waals surface area contributed by atoms with Gasteiger partial charge in [-0.1, -0.05) is 5.16 Å². The van der Waals surface area contributed by atoms with Crippen molar-refractivity contribution in [2.24, 2.45) is 0 Å². The molecule has 1 N–H and O–H groups in total. The number of rotatable bonds is 3. The lowest BCUT2D eigenvalue weighted by atomic mass is 9.95. The molecule has 0 aromatic carbocycles. The van der Waals surface area contributed by atoms with Crippen LogP contribution in [0.15, 0.2) is 4.52 Å². The van der Waals surface area contributed by atoms with Gasteiger partial charge in [0.15, 0.2) is 0 Å². The standard InChI is InChI=1S/C13H21N3O3/c1-13(4-2-3-6-18-13)12-15-11(19-16-12)8-10-9-14-5-7-17-10/h10,14H,2-9H2,1H3. The van der Waals surface area contributed by atoms with E-state index in [1.165, 1.54) is 0 Å². The quantitative estimate of drug-likeness (QED) is 0.881. The fraction of sp³-hybridized carbons (Fsp3) is 0.846. The van der Waals surface area contributed by atoms with Crippen LogP contribution in [-0.2, 0) is 21.5 Å². The van der Waals surface area contributed by atoms with E-state index in [9.17, 15) is 0 Å². The molecule has 6 heteroatoms. The fourth-order valence-corrected chi connectivity index (χ4v) is 2.61. The summed E-state index contributed by atoms with van der Waals surface area (Å²) < 4.78 is 16.8. The third-order valence-electron chi connectivity index (χ3n) is 3.82. The van der Waals surface area contributed by atoms with Crippen LogP contribution in [0.25, 0.3) is 0 Å². The van der Waals surface area contributed by atoms with Crippen LogP contribution in [0.4, 0.5) is 0 Å². The van der Waals surface area contributed by atoms with Gasteiger partial charge in [-0.2, -0.15) is 4.98 Å². The minimum Gasteiger partial charge on any atom is -0.375 e. The molecule has 1 aromatic rings. The maximum absolute atomic E-state index is 5.83. The molecule has 0 amide bonds. The van der Waals surface area contributed by atoms with Crippen molar-refractivity contribution in [2.45, 2.75) is 44.3 Å². The summed E-state index contributed by atoms with van der Waals surface area (Å²) in [6, 6.07) is 0. The first-order chi connectivity index (χ1) is 9.26. The minimum atomic E-state index is -0.383. The van der Waals surface area contributed by atoms with Crippen molar-refractivity contribution >= 4 is 0 Å². The lowest BCUT2D eigenvalue weighted by molar-refractivity contribution is -0.0770. The van der Waals surface area contributed by atoms with Crippen molar-refractivity contribution in [3.8, 4) is 0 Å². The van der Waals surface area contributed by atoms with E-state index in [-0.39, 0.29) is 11.7 Å². The summed E-state index contributed by atoms with van der Waals surface area (Å²) in [6.07, 6.45) is 4.00. The zero-order valence-corrected chi connectivity index (χ0v) is 11.4. The number of hydrogen-bond donors (Lipinski definition) is 1. The first-order valence-electron chi connectivity index (χ1n) is 7.06. The van der Waals surface area contributed by atoms with Gasteiger partial charge in [-0.25, -0.2) is 0 Å². The highest BCUT2D eigenvalue weighted by atomic mass is 16.5. The van der Waals surface area contributed by atoms with E-state index in [1.807, 2.05) is 6.92 Å². The van der Waals surface area contributed by atoms with Gasteiger partial charge in [0.2, 0.25) is 11.7 Å². The van der Waals surface area contributed by atoms with Crippen molar-refractivity contribution in [3.05, 3.63) is 11.7 Å². The van der Waals surface area contributed by atoms with Crippen molar-refractivity contribution in [1.82, 2.24) is 15.5 Å². The van der Waals surface area contributed by atoms with Crippen molar-refractivity contribution in [3.63, 3.8) is 0 Å². The van der Waals surface area contributed by atoms with Gasteiger partial charge in [0.05, 0.1) is 19.1 Å². The number of nitrogens with one attached hydrogen (secondary N) is 1. The zero-order valence-electron chi connectivity index (χ0n) is 11.4. The van der Waals surface area contributed by atoms with Crippen LogP contribution in [0.2, 0.25) is 0 Å². The number of morpholine rings is 1. The normalized spacial score (nSPS) is 32.4. The molecule has 2 atom stereocenters. The second kappa shape index (κ2) is 5.56. The van der Waals surface area contributed by atoms with E-state index in [4.69, 9.17) is 14.0 Å². The molecule has 1 aromatic heterocycles. The Labute approximate surface area is 112 Å². The molecular weight excluding hydrogens is 246 g/mol. The molecule has 0 radical (unpaired) electrons. The number of hydrogen-bond acceptors (Lipinski definition) is 6. The van der Waals surface area contributed by atoms with E-state index in [2.05, 4.69) is 15.5 Å². The SMILES string of the molecule is CC1(c2noc(CC3CNCCO3)n2)CCCCO1. The van der Waals surface area contributed by atoms with Gasteiger partial charge in [0, 0.05) is 19.7 Å². The third-order valence-corrected chi connectivity index (χ3v) is 3.82. The average molecular weight is 267 g/mol. The fourth-order valence-electron chi connectivity index (χ4n) is 2.61. The van der Waals surface area contributed by atoms with Gasteiger partial charge in [0.1, 0.15) is 5.60 Å². The minimum absolute atomic E-state index is 0.127. The maximum atomic E-state index is 5.83. The summed E-state index contributed by atoms with van der Waals surface area (Å²) in [5.74, 6) is 1.31. The lowest BCUT2D eigenvalue weighted by Gasteiger charge is -2.30.